The summed E-state index contributed by atoms with van der Waals surface area (Å²) in [4.78, 5) is 16.1. The Kier molecular flexibility index (Phi) is 3.70. The maximum Gasteiger partial charge on any atom is 0.227 e. The number of benzene rings is 1. The number of hydrogen-bond acceptors (Lipinski definition) is 2. The molecule has 1 amide bonds. The monoisotopic (exact) mass is 276 g/mol. The van der Waals surface area contributed by atoms with Crippen molar-refractivity contribution in [2.45, 2.75) is 13.3 Å². The highest BCUT2D eigenvalue weighted by Gasteiger charge is 2.38. The molecule has 3 nitrogen and oxygen atoms in total. The molecule has 1 saturated carbocycles. The third-order valence-corrected chi connectivity index (χ3v) is 3.58. The van der Waals surface area contributed by atoms with Crippen LogP contribution in [-0.2, 0) is 4.79 Å². The van der Waals surface area contributed by atoms with Crippen molar-refractivity contribution in [2.75, 3.05) is 5.32 Å². The maximum atomic E-state index is 11.9. The second-order valence-corrected chi connectivity index (χ2v) is 5.35. The smallest absolute Gasteiger partial charge is 0.227 e. The van der Waals surface area contributed by atoms with E-state index >= 15 is 0 Å². The first-order valence-corrected chi connectivity index (χ1v) is 7.06. The molecule has 1 heterocycles. The Morgan fingerprint density at radius 2 is 2.10 bits per heavy atom. The van der Waals surface area contributed by atoms with E-state index in [0.717, 1.165) is 23.4 Å². The molecule has 1 aliphatic carbocycles. The number of hydrogen-bond donors (Lipinski definition) is 1. The Bertz CT molecular complexity index is 713. The van der Waals surface area contributed by atoms with Gasteiger partial charge in [0.25, 0.3) is 0 Å². The standard InChI is InChI=1S/C18H16N2O/c1-13-11-17(13)18(21)20-16-7-4-5-14(12-16)8-9-15-6-2-3-10-19-15/h2-7,10,12-13,17H,11H2,1H3,(H,20,21)/t13-,17-/m0/s1. The Balaban J connectivity index is 1.72. The lowest BCUT2D eigenvalue weighted by atomic mass is 10.2. The van der Waals surface area contributed by atoms with Crippen molar-refractivity contribution in [3.63, 3.8) is 0 Å². The van der Waals surface area contributed by atoms with Crippen LogP contribution in [0.5, 0.6) is 0 Å². The van der Waals surface area contributed by atoms with Gasteiger partial charge in [-0.25, -0.2) is 4.98 Å². The van der Waals surface area contributed by atoms with Crippen molar-refractivity contribution in [3.05, 3.63) is 59.9 Å². The second kappa shape index (κ2) is 5.80. The van der Waals surface area contributed by atoms with Crippen LogP contribution in [-0.4, -0.2) is 10.9 Å². The highest BCUT2D eigenvalue weighted by Crippen LogP contribution is 2.38. The molecule has 0 spiro atoms. The molecular weight excluding hydrogens is 260 g/mol. The van der Waals surface area contributed by atoms with Gasteiger partial charge in [0.05, 0.1) is 0 Å². The molecule has 1 aromatic heterocycles. The summed E-state index contributed by atoms with van der Waals surface area (Å²) in [6, 6.07) is 13.2. The molecule has 1 aromatic carbocycles. The Morgan fingerprint density at radius 1 is 1.24 bits per heavy atom. The SMILES string of the molecule is C[C@H]1C[C@@H]1C(=O)Nc1cccc(C#Cc2ccccn2)c1. The summed E-state index contributed by atoms with van der Waals surface area (Å²) in [6.07, 6.45) is 2.71. The van der Waals surface area contributed by atoms with E-state index in [9.17, 15) is 4.79 Å². The average molecular weight is 276 g/mol. The summed E-state index contributed by atoms with van der Waals surface area (Å²) in [6.45, 7) is 2.10. The van der Waals surface area contributed by atoms with E-state index in [1.54, 1.807) is 6.20 Å². The molecule has 0 radical (unpaired) electrons. The second-order valence-electron chi connectivity index (χ2n) is 5.35. The van der Waals surface area contributed by atoms with Crippen LogP contribution in [0, 0.1) is 23.7 Å². The number of nitrogens with zero attached hydrogens (tertiary/aromatic N) is 1. The molecule has 3 heteroatoms. The third-order valence-electron chi connectivity index (χ3n) is 3.58. The Hall–Kier alpha value is -2.60. The maximum absolute atomic E-state index is 11.9. The predicted molar refractivity (Wildman–Crippen MR) is 82.6 cm³/mol. The van der Waals surface area contributed by atoms with E-state index in [2.05, 4.69) is 29.1 Å². The van der Waals surface area contributed by atoms with E-state index in [-0.39, 0.29) is 11.8 Å². The summed E-state index contributed by atoms with van der Waals surface area (Å²) in [5.74, 6) is 6.87. The molecule has 1 fully saturated rings. The van der Waals surface area contributed by atoms with E-state index < -0.39 is 0 Å². The molecule has 2 atom stereocenters. The minimum Gasteiger partial charge on any atom is -0.326 e. The first kappa shape index (κ1) is 13.4. The Morgan fingerprint density at radius 3 is 2.81 bits per heavy atom. The Labute approximate surface area is 124 Å². The minimum atomic E-state index is 0.109. The van der Waals surface area contributed by atoms with Crippen molar-refractivity contribution in [2.24, 2.45) is 11.8 Å². The van der Waals surface area contributed by atoms with Crippen molar-refractivity contribution < 1.29 is 4.79 Å². The lowest BCUT2D eigenvalue weighted by molar-refractivity contribution is -0.117. The highest BCUT2D eigenvalue weighted by molar-refractivity contribution is 5.94. The molecule has 1 aliphatic rings. The number of pyridine rings is 1. The molecule has 0 unspecified atom stereocenters. The molecule has 2 aromatic rings. The van der Waals surface area contributed by atoms with Crippen LogP contribution < -0.4 is 5.32 Å². The van der Waals surface area contributed by atoms with Crippen LogP contribution in [0.4, 0.5) is 5.69 Å². The number of aromatic nitrogens is 1. The van der Waals surface area contributed by atoms with Gasteiger partial charge in [0.15, 0.2) is 0 Å². The lowest BCUT2D eigenvalue weighted by Gasteiger charge is -2.04. The van der Waals surface area contributed by atoms with Gasteiger partial charge in [0.2, 0.25) is 5.91 Å². The van der Waals surface area contributed by atoms with E-state index in [4.69, 9.17) is 0 Å². The fraction of sp³-hybridized carbons (Fsp3) is 0.222. The van der Waals surface area contributed by atoms with Crippen LogP contribution in [0.3, 0.4) is 0 Å². The van der Waals surface area contributed by atoms with Crippen LogP contribution in [0.2, 0.25) is 0 Å². The fourth-order valence-corrected chi connectivity index (χ4v) is 2.17. The summed E-state index contributed by atoms with van der Waals surface area (Å²) >= 11 is 0. The zero-order valence-electron chi connectivity index (χ0n) is 11.8. The topological polar surface area (TPSA) is 42.0 Å². The van der Waals surface area contributed by atoms with Gasteiger partial charge in [-0.2, -0.15) is 0 Å². The molecule has 3 rings (SSSR count). The largest absolute Gasteiger partial charge is 0.326 e. The van der Waals surface area contributed by atoms with Gasteiger partial charge < -0.3 is 5.32 Å². The first-order chi connectivity index (χ1) is 10.2. The van der Waals surface area contributed by atoms with E-state index in [1.807, 2.05) is 42.5 Å². The lowest BCUT2D eigenvalue weighted by Crippen LogP contribution is -2.14. The van der Waals surface area contributed by atoms with Gasteiger partial charge in [-0.1, -0.05) is 25.0 Å². The van der Waals surface area contributed by atoms with Crippen molar-refractivity contribution in [3.8, 4) is 11.8 Å². The molecule has 21 heavy (non-hydrogen) atoms. The molecular formula is C18H16N2O. The number of carbonyl (C=O) groups excluding carboxylic acids is 1. The molecule has 0 saturated heterocycles. The van der Waals surface area contributed by atoms with E-state index in [1.165, 1.54) is 0 Å². The normalized spacial score (nSPS) is 19.3. The van der Waals surface area contributed by atoms with Crippen molar-refractivity contribution in [1.29, 1.82) is 0 Å². The van der Waals surface area contributed by atoms with Crippen molar-refractivity contribution in [1.82, 2.24) is 4.98 Å². The van der Waals surface area contributed by atoms with Gasteiger partial charge in [0.1, 0.15) is 5.69 Å². The molecule has 0 bridgehead atoms. The number of carbonyl (C=O) groups is 1. The van der Waals surface area contributed by atoms with Gasteiger partial charge in [-0.3, -0.25) is 4.79 Å². The summed E-state index contributed by atoms with van der Waals surface area (Å²) in [5, 5.41) is 2.95. The summed E-state index contributed by atoms with van der Waals surface area (Å²) < 4.78 is 0. The van der Waals surface area contributed by atoms with Gasteiger partial charge >= 0.3 is 0 Å². The molecule has 1 N–H and O–H groups in total. The predicted octanol–water partition coefficient (Wildman–Crippen LogP) is 3.08. The fourth-order valence-electron chi connectivity index (χ4n) is 2.17. The minimum absolute atomic E-state index is 0.109. The van der Waals surface area contributed by atoms with Crippen LogP contribution in [0.25, 0.3) is 0 Å². The molecule has 0 aliphatic heterocycles. The zero-order chi connectivity index (χ0) is 14.7. The van der Waals surface area contributed by atoms with Crippen molar-refractivity contribution >= 4 is 11.6 Å². The number of nitrogens with one attached hydrogen (secondary N) is 1. The summed E-state index contributed by atoms with van der Waals surface area (Å²) in [7, 11) is 0. The summed E-state index contributed by atoms with van der Waals surface area (Å²) in [5.41, 5.74) is 2.40. The van der Waals surface area contributed by atoms with E-state index in [0.29, 0.717) is 5.92 Å². The number of rotatable bonds is 2. The third kappa shape index (κ3) is 3.49. The van der Waals surface area contributed by atoms with Crippen LogP contribution in [0.15, 0.2) is 48.7 Å². The van der Waals surface area contributed by atoms with Crippen LogP contribution >= 0.6 is 0 Å². The van der Waals surface area contributed by atoms with Gasteiger partial charge in [-0.15, -0.1) is 0 Å². The highest BCUT2D eigenvalue weighted by atomic mass is 16.2. The zero-order valence-corrected chi connectivity index (χ0v) is 11.8. The first-order valence-electron chi connectivity index (χ1n) is 7.06. The average Bonchev–Trinajstić information content (AvgIpc) is 3.24. The number of amides is 1. The van der Waals surface area contributed by atoms with Crippen LogP contribution in [0.1, 0.15) is 24.6 Å². The van der Waals surface area contributed by atoms with Gasteiger partial charge in [0, 0.05) is 23.4 Å². The molecule has 104 valence electrons. The number of anilines is 1. The van der Waals surface area contributed by atoms with Gasteiger partial charge in [-0.05, 0) is 48.6 Å². The quantitative estimate of drug-likeness (QED) is 0.856.